The maximum absolute atomic E-state index is 13.8. The first-order valence-electron chi connectivity index (χ1n) is 7.27. The van der Waals surface area contributed by atoms with E-state index in [0.29, 0.717) is 31.6 Å². The van der Waals surface area contributed by atoms with Crippen molar-refractivity contribution in [3.05, 3.63) is 66.5 Å². The summed E-state index contributed by atoms with van der Waals surface area (Å²) in [5.41, 5.74) is 0.596. The average Bonchev–Trinajstić information content (AvgIpc) is 2.95. The van der Waals surface area contributed by atoms with E-state index >= 15 is 0 Å². The lowest BCUT2D eigenvalue weighted by Gasteiger charge is -2.20. The van der Waals surface area contributed by atoms with Gasteiger partial charge in [0.2, 0.25) is 5.91 Å². The van der Waals surface area contributed by atoms with E-state index in [2.05, 4.69) is 11.6 Å². The molecule has 0 N–H and O–H groups in total. The molecule has 1 amide bonds. The average molecular weight is 301 g/mol. The van der Waals surface area contributed by atoms with Crippen LogP contribution in [0.1, 0.15) is 24.7 Å². The van der Waals surface area contributed by atoms with E-state index in [0.717, 1.165) is 5.82 Å². The van der Waals surface area contributed by atoms with Crippen LogP contribution in [0.5, 0.6) is 0 Å². The molecular weight excluding hydrogens is 281 g/mol. The first-order valence-corrected chi connectivity index (χ1v) is 7.27. The van der Waals surface area contributed by atoms with Gasteiger partial charge in [0, 0.05) is 30.9 Å². The zero-order valence-corrected chi connectivity index (χ0v) is 12.7. The number of aromatic nitrogens is 2. The zero-order chi connectivity index (χ0) is 15.9. The van der Waals surface area contributed by atoms with Gasteiger partial charge in [0.1, 0.15) is 11.6 Å². The van der Waals surface area contributed by atoms with Crippen molar-refractivity contribution in [3.63, 3.8) is 0 Å². The third kappa shape index (κ3) is 3.81. The highest BCUT2D eigenvalue weighted by molar-refractivity contribution is 5.75. The Labute approximate surface area is 129 Å². The molecule has 0 spiro atoms. The topological polar surface area (TPSA) is 38.1 Å². The lowest BCUT2D eigenvalue weighted by molar-refractivity contribution is -0.131. The summed E-state index contributed by atoms with van der Waals surface area (Å²) in [4.78, 5) is 17.9. The van der Waals surface area contributed by atoms with Crippen LogP contribution in [-0.4, -0.2) is 26.9 Å². The largest absolute Gasteiger partial charge is 0.332 e. The number of hydrogen-bond acceptors (Lipinski definition) is 2. The van der Waals surface area contributed by atoms with Gasteiger partial charge in [-0.15, -0.1) is 6.58 Å². The summed E-state index contributed by atoms with van der Waals surface area (Å²) < 4.78 is 15.6. The fraction of sp³-hybridized carbons (Fsp3) is 0.294. The van der Waals surface area contributed by atoms with E-state index < -0.39 is 0 Å². The van der Waals surface area contributed by atoms with Gasteiger partial charge in [-0.25, -0.2) is 9.37 Å². The first-order chi connectivity index (χ1) is 10.7. The number of rotatable bonds is 7. The number of hydrogen-bond donors (Lipinski definition) is 0. The molecule has 0 atom stereocenters. The normalized spacial score (nSPS) is 10.5. The summed E-state index contributed by atoms with van der Waals surface area (Å²) in [6.45, 7) is 6.75. The summed E-state index contributed by atoms with van der Waals surface area (Å²) >= 11 is 0. The molecule has 1 heterocycles. The van der Waals surface area contributed by atoms with Crippen LogP contribution in [0.4, 0.5) is 4.39 Å². The molecule has 1 aromatic heterocycles. The van der Waals surface area contributed by atoms with Crippen molar-refractivity contribution in [1.82, 2.24) is 14.5 Å². The summed E-state index contributed by atoms with van der Waals surface area (Å²) in [6.07, 6.45) is 5.59. The lowest BCUT2D eigenvalue weighted by Crippen LogP contribution is -2.31. The Morgan fingerprint density at radius 2 is 2.23 bits per heavy atom. The second-order valence-corrected chi connectivity index (χ2v) is 4.98. The maximum Gasteiger partial charge on any atom is 0.222 e. The molecule has 2 aromatic rings. The number of carbonyl (C=O) groups is 1. The minimum Gasteiger partial charge on any atom is -0.332 e. The molecule has 1 aromatic carbocycles. The van der Waals surface area contributed by atoms with Gasteiger partial charge in [-0.3, -0.25) is 4.79 Å². The monoisotopic (exact) mass is 301 g/mol. The second kappa shape index (κ2) is 7.54. The van der Waals surface area contributed by atoms with E-state index in [4.69, 9.17) is 0 Å². The summed E-state index contributed by atoms with van der Waals surface area (Å²) in [5.74, 6) is 0.530. The highest BCUT2D eigenvalue weighted by Crippen LogP contribution is 2.12. The SMILES string of the molecule is C=CCN(Cc1nccn1Cc1ccccc1F)C(=O)CC. The van der Waals surface area contributed by atoms with Crippen molar-refractivity contribution >= 4 is 5.91 Å². The van der Waals surface area contributed by atoms with E-state index in [1.54, 1.807) is 41.6 Å². The molecule has 0 aliphatic carbocycles. The van der Waals surface area contributed by atoms with Gasteiger partial charge in [0.25, 0.3) is 0 Å². The fourth-order valence-electron chi connectivity index (χ4n) is 2.25. The molecule has 0 unspecified atom stereocenters. The van der Waals surface area contributed by atoms with E-state index in [1.807, 2.05) is 11.5 Å². The Bertz CT molecular complexity index is 651. The zero-order valence-electron chi connectivity index (χ0n) is 12.7. The molecule has 0 aliphatic heterocycles. The predicted molar refractivity (Wildman–Crippen MR) is 83.6 cm³/mol. The number of benzene rings is 1. The number of halogens is 1. The van der Waals surface area contributed by atoms with Crippen molar-refractivity contribution in [2.45, 2.75) is 26.4 Å². The fourth-order valence-corrected chi connectivity index (χ4v) is 2.25. The standard InChI is InChI=1S/C17H20FN3O/c1-3-10-21(17(22)4-2)13-16-19-9-11-20(16)12-14-7-5-6-8-15(14)18/h3,5-9,11H,1,4,10,12-13H2,2H3. The molecule has 0 saturated carbocycles. The van der Waals surface area contributed by atoms with Crippen molar-refractivity contribution in [1.29, 1.82) is 0 Å². The quantitative estimate of drug-likeness (QED) is 0.737. The van der Waals surface area contributed by atoms with Gasteiger partial charge >= 0.3 is 0 Å². The van der Waals surface area contributed by atoms with Gasteiger partial charge in [-0.05, 0) is 6.07 Å². The Morgan fingerprint density at radius 1 is 1.45 bits per heavy atom. The minimum atomic E-state index is -0.241. The number of carbonyl (C=O) groups excluding carboxylic acids is 1. The van der Waals surface area contributed by atoms with Crippen LogP contribution >= 0.6 is 0 Å². The van der Waals surface area contributed by atoms with Crippen LogP contribution in [-0.2, 0) is 17.9 Å². The van der Waals surface area contributed by atoms with E-state index in [1.165, 1.54) is 6.07 Å². The van der Waals surface area contributed by atoms with Crippen LogP contribution in [0.2, 0.25) is 0 Å². The second-order valence-electron chi connectivity index (χ2n) is 4.98. The van der Waals surface area contributed by atoms with Gasteiger partial charge in [-0.2, -0.15) is 0 Å². The van der Waals surface area contributed by atoms with Crippen molar-refractivity contribution in [2.24, 2.45) is 0 Å². The smallest absolute Gasteiger partial charge is 0.222 e. The van der Waals surface area contributed by atoms with Crippen molar-refractivity contribution in [2.75, 3.05) is 6.54 Å². The molecule has 0 fully saturated rings. The minimum absolute atomic E-state index is 0.0420. The van der Waals surface area contributed by atoms with Crippen LogP contribution in [0, 0.1) is 5.82 Å². The van der Waals surface area contributed by atoms with Crippen LogP contribution < -0.4 is 0 Å². The van der Waals surface area contributed by atoms with Crippen molar-refractivity contribution in [3.8, 4) is 0 Å². The third-order valence-corrected chi connectivity index (χ3v) is 3.44. The van der Waals surface area contributed by atoms with Gasteiger partial charge in [0.15, 0.2) is 0 Å². The Kier molecular flexibility index (Phi) is 5.47. The highest BCUT2D eigenvalue weighted by Gasteiger charge is 2.14. The predicted octanol–water partition coefficient (Wildman–Crippen LogP) is 3.00. The maximum atomic E-state index is 13.8. The molecule has 0 aliphatic rings. The summed E-state index contributed by atoms with van der Waals surface area (Å²) in [7, 11) is 0. The Morgan fingerprint density at radius 3 is 2.91 bits per heavy atom. The molecule has 22 heavy (non-hydrogen) atoms. The van der Waals surface area contributed by atoms with E-state index in [-0.39, 0.29) is 11.7 Å². The molecule has 116 valence electrons. The van der Waals surface area contributed by atoms with Crippen LogP contribution in [0.25, 0.3) is 0 Å². The highest BCUT2D eigenvalue weighted by atomic mass is 19.1. The number of amides is 1. The number of imidazole rings is 1. The molecule has 0 radical (unpaired) electrons. The lowest BCUT2D eigenvalue weighted by atomic mass is 10.2. The summed E-state index contributed by atoms with van der Waals surface area (Å²) in [5, 5.41) is 0. The van der Waals surface area contributed by atoms with Gasteiger partial charge < -0.3 is 9.47 Å². The first kappa shape index (κ1) is 15.9. The molecule has 0 bridgehead atoms. The van der Waals surface area contributed by atoms with E-state index in [9.17, 15) is 9.18 Å². The Balaban J connectivity index is 2.16. The third-order valence-electron chi connectivity index (χ3n) is 3.44. The van der Waals surface area contributed by atoms with Crippen molar-refractivity contribution < 1.29 is 9.18 Å². The van der Waals surface area contributed by atoms with Crippen LogP contribution in [0.15, 0.2) is 49.3 Å². The molecule has 4 nitrogen and oxygen atoms in total. The molecule has 5 heteroatoms. The summed E-state index contributed by atoms with van der Waals surface area (Å²) in [6, 6.07) is 6.66. The Hall–Kier alpha value is -2.43. The van der Waals surface area contributed by atoms with Gasteiger partial charge in [0.05, 0.1) is 13.1 Å². The van der Waals surface area contributed by atoms with Gasteiger partial charge in [-0.1, -0.05) is 31.2 Å². The molecule has 0 saturated heterocycles. The molecular formula is C17H20FN3O. The number of nitrogens with zero attached hydrogens (tertiary/aromatic N) is 3. The van der Waals surface area contributed by atoms with Crippen LogP contribution in [0.3, 0.4) is 0 Å². The molecule has 2 rings (SSSR count).